The van der Waals surface area contributed by atoms with E-state index in [4.69, 9.17) is 21.4 Å². The number of halogens is 1. The molecule has 1 unspecified atom stereocenters. The van der Waals surface area contributed by atoms with E-state index < -0.39 is 5.60 Å². The van der Waals surface area contributed by atoms with Crippen LogP contribution in [-0.4, -0.2) is 35.6 Å². The van der Waals surface area contributed by atoms with Crippen molar-refractivity contribution in [1.29, 1.82) is 0 Å². The van der Waals surface area contributed by atoms with Crippen LogP contribution in [0.5, 0.6) is 0 Å². The molecule has 2 N–H and O–H groups in total. The van der Waals surface area contributed by atoms with Crippen LogP contribution in [0.15, 0.2) is 24.3 Å². The minimum Gasteiger partial charge on any atom is -0.393 e. The highest BCUT2D eigenvalue weighted by molar-refractivity contribution is 6.30. The monoisotopic (exact) mass is 244 g/mol. The lowest BCUT2D eigenvalue weighted by Crippen LogP contribution is -2.35. The number of aliphatic hydroxyl groups is 2. The van der Waals surface area contributed by atoms with Gasteiger partial charge in [0, 0.05) is 5.02 Å². The van der Waals surface area contributed by atoms with Gasteiger partial charge in [-0.2, -0.15) is 0 Å². The van der Waals surface area contributed by atoms with Gasteiger partial charge in [0.25, 0.3) is 0 Å². The van der Waals surface area contributed by atoms with Gasteiger partial charge in [-0.1, -0.05) is 23.7 Å². The summed E-state index contributed by atoms with van der Waals surface area (Å²) in [7, 11) is 0. The van der Waals surface area contributed by atoms with E-state index in [-0.39, 0.29) is 13.2 Å². The maximum Gasteiger partial charge on any atom is 0.108 e. The Hall–Kier alpha value is -0.610. The quantitative estimate of drug-likeness (QED) is 0.748. The molecule has 0 fully saturated rings. The van der Waals surface area contributed by atoms with E-state index in [1.54, 1.807) is 0 Å². The molecular weight excluding hydrogens is 228 g/mol. The lowest BCUT2D eigenvalue weighted by Gasteiger charge is -2.19. The first-order valence-electron chi connectivity index (χ1n) is 5.19. The first kappa shape index (κ1) is 13.5. The Kier molecular flexibility index (Phi) is 5.22. The van der Waals surface area contributed by atoms with E-state index in [2.05, 4.69) is 0 Å². The van der Waals surface area contributed by atoms with Crippen molar-refractivity contribution in [1.82, 2.24) is 0 Å². The van der Waals surface area contributed by atoms with Crippen LogP contribution in [-0.2, 0) is 11.2 Å². The normalized spacial score (nSPS) is 14.8. The Morgan fingerprint density at radius 2 is 1.94 bits per heavy atom. The zero-order valence-electron chi connectivity index (χ0n) is 9.32. The van der Waals surface area contributed by atoms with Gasteiger partial charge in [0.2, 0.25) is 0 Å². The van der Waals surface area contributed by atoms with Crippen LogP contribution in [0.1, 0.15) is 12.5 Å². The Balaban J connectivity index is 2.23. The zero-order valence-corrected chi connectivity index (χ0v) is 10.1. The van der Waals surface area contributed by atoms with Gasteiger partial charge in [-0.25, -0.2) is 0 Å². The summed E-state index contributed by atoms with van der Waals surface area (Å²) in [5, 5.41) is 19.0. The minimum absolute atomic E-state index is 0.136. The van der Waals surface area contributed by atoms with Crippen LogP contribution in [0, 0.1) is 0 Å². The second kappa shape index (κ2) is 6.21. The summed E-state index contributed by atoms with van der Waals surface area (Å²) in [5.74, 6) is 0. The van der Waals surface area contributed by atoms with Crippen LogP contribution in [0.25, 0.3) is 0 Å². The third-order valence-electron chi connectivity index (χ3n) is 2.20. The van der Waals surface area contributed by atoms with E-state index in [1.165, 1.54) is 6.92 Å². The number of benzene rings is 1. The predicted molar refractivity (Wildman–Crippen MR) is 63.7 cm³/mol. The number of rotatable bonds is 6. The topological polar surface area (TPSA) is 49.7 Å². The Bertz CT molecular complexity index is 309. The molecule has 0 aliphatic carbocycles. The maximum atomic E-state index is 9.46. The van der Waals surface area contributed by atoms with E-state index in [9.17, 15) is 5.11 Å². The highest BCUT2D eigenvalue weighted by Crippen LogP contribution is 2.10. The van der Waals surface area contributed by atoms with Crippen molar-refractivity contribution in [2.24, 2.45) is 0 Å². The van der Waals surface area contributed by atoms with E-state index in [1.807, 2.05) is 24.3 Å². The molecule has 0 spiro atoms. The Morgan fingerprint density at radius 3 is 2.50 bits per heavy atom. The minimum atomic E-state index is -1.15. The van der Waals surface area contributed by atoms with E-state index >= 15 is 0 Å². The molecule has 0 bridgehead atoms. The molecule has 3 nitrogen and oxygen atoms in total. The first-order chi connectivity index (χ1) is 7.53. The fraction of sp³-hybridized carbons (Fsp3) is 0.500. The molecule has 0 radical (unpaired) electrons. The van der Waals surface area contributed by atoms with E-state index in [0.29, 0.717) is 11.6 Å². The van der Waals surface area contributed by atoms with Gasteiger partial charge in [-0.05, 0) is 31.0 Å². The molecule has 16 heavy (non-hydrogen) atoms. The fourth-order valence-electron chi connectivity index (χ4n) is 1.18. The number of hydrogen-bond acceptors (Lipinski definition) is 3. The molecule has 0 heterocycles. The fourth-order valence-corrected chi connectivity index (χ4v) is 1.30. The van der Waals surface area contributed by atoms with Gasteiger partial charge in [0.1, 0.15) is 5.60 Å². The number of ether oxygens (including phenoxy) is 1. The molecule has 0 aliphatic rings. The van der Waals surface area contributed by atoms with Crippen LogP contribution in [0.2, 0.25) is 5.02 Å². The molecule has 0 amide bonds. The standard InChI is InChI=1S/C12H17ClO3/c1-12(15,8-14)9-16-7-6-10-2-4-11(13)5-3-10/h2-5,14-15H,6-9H2,1H3. The largest absolute Gasteiger partial charge is 0.393 e. The molecule has 0 aromatic heterocycles. The van der Waals surface area contributed by atoms with Gasteiger partial charge < -0.3 is 14.9 Å². The van der Waals surface area contributed by atoms with Gasteiger partial charge in [-0.3, -0.25) is 0 Å². The lowest BCUT2D eigenvalue weighted by atomic mass is 10.1. The number of aliphatic hydroxyl groups excluding tert-OH is 1. The molecule has 0 saturated heterocycles. The van der Waals surface area contributed by atoms with Crippen LogP contribution < -0.4 is 0 Å². The zero-order chi connectivity index (χ0) is 12.0. The van der Waals surface area contributed by atoms with Crippen molar-refractivity contribution in [2.45, 2.75) is 18.9 Å². The highest BCUT2D eigenvalue weighted by Gasteiger charge is 2.18. The van der Waals surface area contributed by atoms with Crippen LogP contribution in [0.3, 0.4) is 0 Å². The second-order valence-electron chi connectivity index (χ2n) is 4.08. The molecule has 0 saturated carbocycles. The van der Waals surface area contributed by atoms with Crippen LogP contribution in [0.4, 0.5) is 0 Å². The summed E-state index contributed by atoms with van der Waals surface area (Å²) in [6.07, 6.45) is 0.763. The predicted octanol–water partition coefficient (Wildman–Crippen LogP) is 1.64. The lowest BCUT2D eigenvalue weighted by molar-refractivity contribution is -0.0644. The molecule has 1 atom stereocenters. The molecule has 1 aromatic carbocycles. The Morgan fingerprint density at radius 1 is 1.31 bits per heavy atom. The van der Waals surface area contributed by atoms with Crippen molar-refractivity contribution in [3.63, 3.8) is 0 Å². The van der Waals surface area contributed by atoms with Gasteiger partial charge in [0.05, 0.1) is 19.8 Å². The van der Waals surface area contributed by atoms with Gasteiger partial charge in [0.15, 0.2) is 0 Å². The molecule has 1 rings (SSSR count). The van der Waals surface area contributed by atoms with Gasteiger partial charge in [-0.15, -0.1) is 0 Å². The molecule has 0 aliphatic heterocycles. The van der Waals surface area contributed by atoms with Crippen molar-refractivity contribution in [3.8, 4) is 0 Å². The molecule has 90 valence electrons. The average Bonchev–Trinajstić information content (AvgIpc) is 2.27. The smallest absolute Gasteiger partial charge is 0.108 e. The van der Waals surface area contributed by atoms with Gasteiger partial charge >= 0.3 is 0 Å². The maximum absolute atomic E-state index is 9.46. The summed E-state index contributed by atoms with van der Waals surface area (Å²) < 4.78 is 5.28. The van der Waals surface area contributed by atoms with Crippen LogP contribution >= 0.6 is 11.6 Å². The Labute approximate surface area is 101 Å². The summed E-state index contributed by atoms with van der Waals surface area (Å²) in [6.45, 7) is 1.89. The van der Waals surface area contributed by atoms with Crippen molar-refractivity contribution < 1.29 is 14.9 Å². The number of hydrogen-bond donors (Lipinski definition) is 2. The average molecular weight is 245 g/mol. The summed E-state index contributed by atoms with van der Waals surface area (Å²) in [6, 6.07) is 7.55. The van der Waals surface area contributed by atoms with Crippen molar-refractivity contribution >= 4 is 11.6 Å². The third-order valence-corrected chi connectivity index (χ3v) is 2.45. The molecular formula is C12H17ClO3. The van der Waals surface area contributed by atoms with Crippen molar-refractivity contribution in [2.75, 3.05) is 19.8 Å². The highest BCUT2D eigenvalue weighted by atomic mass is 35.5. The summed E-state index contributed by atoms with van der Waals surface area (Å²) >= 11 is 5.76. The summed E-state index contributed by atoms with van der Waals surface area (Å²) in [5.41, 5.74) is -0.0203. The van der Waals surface area contributed by atoms with Crippen molar-refractivity contribution in [3.05, 3.63) is 34.9 Å². The third kappa shape index (κ3) is 4.94. The first-order valence-corrected chi connectivity index (χ1v) is 5.57. The SMILES string of the molecule is CC(O)(CO)COCCc1ccc(Cl)cc1. The molecule has 1 aromatic rings. The molecule has 4 heteroatoms. The second-order valence-corrected chi connectivity index (χ2v) is 4.52. The summed E-state index contributed by atoms with van der Waals surface area (Å²) in [4.78, 5) is 0. The van der Waals surface area contributed by atoms with E-state index in [0.717, 1.165) is 12.0 Å².